The minimum Gasteiger partial charge on any atom is -0.493 e. The molecule has 1 aromatic carbocycles. The van der Waals surface area contributed by atoms with Crippen molar-refractivity contribution in [2.24, 2.45) is 23.4 Å². The van der Waals surface area contributed by atoms with Gasteiger partial charge in [-0.25, -0.2) is 0 Å². The number of carbonyl (C=O) groups is 1. The van der Waals surface area contributed by atoms with Crippen LogP contribution in [0.1, 0.15) is 86.2 Å². The SMILES string of the molecule is [2H]C([2H])([2H])Oc1cc2c(cc1OC)C1CC(OC(=O)[C@@]([2H])(N)C([2H])(C([2H])([2H])[2H])C([2H])([2H])[2H])C(C([2H])([2H])C([2H])(C)C([2H])([2H])[2H])CN1C([2H])([2H])C2([2H])[2H]. The van der Waals surface area contributed by atoms with Crippen LogP contribution in [-0.4, -0.2) is 50.2 Å². The topological polar surface area (TPSA) is 74.0 Å². The molecule has 0 aromatic heterocycles. The first-order chi connectivity index (χ1) is 22.4. The van der Waals surface area contributed by atoms with Gasteiger partial charge in [0.25, 0.3) is 0 Å². The highest BCUT2D eigenvalue weighted by molar-refractivity contribution is 5.76. The van der Waals surface area contributed by atoms with Gasteiger partial charge in [-0.2, -0.15) is 0 Å². The fourth-order valence-electron chi connectivity index (χ4n) is 3.57. The number of ether oxygens (including phenoxy) is 3. The zero-order valence-corrected chi connectivity index (χ0v) is 16.5. The van der Waals surface area contributed by atoms with Crippen molar-refractivity contribution in [2.45, 2.75) is 64.8 Å². The van der Waals surface area contributed by atoms with E-state index in [0.29, 0.717) is 6.92 Å². The van der Waals surface area contributed by atoms with Gasteiger partial charge in [0.2, 0.25) is 0 Å². The smallest absolute Gasteiger partial charge is 0.323 e. The van der Waals surface area contributed by atoms with Crippen molar-refractivity contribution in [3.63, 3.8) is 0 Å². The molecule has 3 rings (SSSR count). The summed E-state index contributed by atoms with van der Waals surface area (Å²) >= 11 is 0. The van der Waals surface area contributed by atoms with Crippen LogP contribution in [0.5, 0.6) is 11.5 Å². The van der Waals surface area contributed by atoms with Crippen molar-refractivity contribution in [1.29, 1.82) is 0 Å². The van der Waals surface area contributed by atoms with E-state index in [4.69, 9.17) is 48.7 Å². The number of carbonyl (C=O) groups excluding carboxylic acids is 1. The average molecular weight is 440 g/mol. The van der Waals surface area contributed by atoms with E-state index in [-0.39, 0.29) is 11.3 Å². The van der Waals surface area contributed by atoms with Gasteiger partial charge in [0.1, 0.15) is 12.1 Å². The van der Waals surface area contributed by atoms with Gasteiger partial charge in [-0.05, 0) is 47.8 Å². The van der Waals surface area contributed by atoms with E-state index in [9.17, 15) is 4.79 Å². The number of rotatable bonds is 7. The molecule has 0 bridgehead atoms. The number of fused-ring (bicyclic) bond motifs is 3. The molecular formula is C24H38N2O4. The summed E-state index contributed by atoms with van der Waals surface area (Å²) in [5.41, 5.74) is 5.10. The summed E-state index contributed by atoms with van der Waals surface area (Å²) in [5.74, 6) is -12.1. The van der Waals surface area contributed by atoms with Crippen LogP contribution >= 0.6 is 0 Å². The molecule has 2 heterocycles. The highest BCUT2D eigenvalue weighted by Gasteiger charge is 2.41. The predicted molar refractivity (Wildman–Crippen MR) is 118 cm³/mol. The average Bonchev–Trinajstić information content (AvgIpc) is 2.92. The third-order valence-electron chi connectivity index (χ3n) is 4.96. The van der Waals surface area contributed by atoms with E-state index in [0.717, 1.165) is 24.1 Å². The molecule has 6 heteroatoms. The molecule has 1 saturated heterocycles. The normalized spacial score (nSPS) is 44.1. The molecule has 0 spiro atoms. The largest absolute Gasteiger partial charge is 0.493 e. The molecule has 168 valence electrons. The van der Waals surface area contributed by atoms with E-state index in [1.54, 1.807) is 0 Å². The maximum Gasteiger partial charge on any atom is 0.323 e. The highest BCUT2D eigenvalue weighted by atomic mass is 16.5. The number of esters is 1. The third kappa shape index (κ3) is 4.75. The first-order valence-electron chi connectivity index (χ1n) is 19.5. The third-order valence-corrected chi connectivity index (χ3v) is 4.96. The molecule has 2 N–H and O–H groups in total. The van der Waals surface area contributed by atoms with E-state index in [1.807, 2.05) is 0 Å². The highest BCUT2D eigenvalue weighted by Crippen LogP contribution is 2.44. The number of methoxy groups -OCH3 is 2. The van der Waals surface area contributed by atoms with Crippen LogP contribution < -0.4 is 15.2 Å². The lowest BCUT2D eigenvalue weighted by atomic mass is 9.79. The molecule has 0 radical (unpaired) electrons. The lowest BCUT2D eigenvalue weighted by Crippen LogP contribution is -2.51. The number of hydrogen-bond acceptors (Lipinski definition) is 6. The molecule has 0 aliphatic carbocycles. The summed E-state index contributed by atoms with van der Waals surface area (Å²) in [5, 5.41) is 0. The Morgan fingerprint density at radius 2 is 2.20 bits per heavy atom. The summed E-state index contributed by atoms with van der Waals surface area (Å²) in [6.07, 6.45) is -9.17. The fourth-order valence-corrected chi connectivity index (χ4v) is 3.57. The molecule has 4 unspecified atom stereocenters. The van der Waals surface area contributed by atoms with E-state index in [1.165, 1.54) is 0 Å². The molecule has 2 aliphatic heterocycles. The number of aryl methyl sites for hydroxylation is 1. The predicted octanol–water partition coefficient (Wildman–Crippen LogP) is 3.56. The minimum absolute atomic E-state index is 0.126. The fraction of sp³-hybridized carbons (Fsp3) is 0.708. The molecule has 1 fully saturated rings. The quantitative estimate of drug-likeness (QED) is 0.655. The number of piperidine rings is 1. The Morgan fingerprint density at radius 3 is 2.90 bits per heavy atom. The van der Waals surface area contributed by atoms with Gasteiger partial charge in [-0.3, -0.25) is 9.69 Å². The molecule has 1 aromatic rings. The van der Waals surface area contributed by atoms with Crippen LogP contribution in [0.2, 0.25) is 0 Å². The van der Waals surface area contributed by atoms with Crippen molar-refractivity contribution < 1.29 is 47.8 Å². The van der Waals surface area contributed by atoms with Gasteiger partial charge >= 0.3 is 5.97 Å². The summed E-state index contributed by atoms with van der Waals surface area (Å²) in [6.45, 7) is -14.6. The van der Waals surface area contributed by atoms with Gasteiger partial charge < -0.3 is 19.9 Å². The molecule has 0 amide bonds. The molecule has 30 heavy (non-hydrogen) atoms. The Labute approximate surface area is 210 Å². The second-order valence-electron chi connectivity index (χ2n) is 6.94. The maximum atomic E-state index is 13.6. The first-order valence-corrected chi connectivity index (χ1v) is 9.04. The van der Waals surface area contributed by atoms with Crippen LogP contribution in [0.3, 0.4) is 0 Å². The zero-order chi connectivity index (χ0) is 40.1. The maximum absolute atomic E-state index is 13.6. The van der Waals surface area contributed by atoms with E-state index >= 15 is 0 Å². The monoisotopic (exact) mass is 439 g/mol. The van der Waals surface area contributed by atoms with E-state index in [2.05, 4.69) is 0 Å². The number of nitrogens with zero attached hydrogens (tertiary/aromatic N) is 1. The van der Waals surface area contributed by atoms with Crippen LogP contribution in [0.15, 0.2) is 12.1 Å². The Morgan fingerprint density at radius 1 is 1.40 bits per heavy atom. The van der Waals surface area contributed by atoms with Crippen molar-refractivity contribution in [2.75, 3.05) is 27.2 Å². The molecule has 5 atom stereocenters. The van der Waals surface area contributed by atoms with Gasteiger partial charge in [-0.1, -0.05) is 27.5 Å². The van der Waals surface area contributed by atoms with Crippen molar-refractivity contribution in [1.82, 2.24) is 4.90 Å². The Kier molecular flexibility index (Phi) is 2.54. The zero-order valence-electron chi connectivity index (χ0n) is 37.5. The molecule has 2 aliphatic rings. The van der Waals surface area contributed by atoms with Crippen LogP contribution in [0, 0.1) is 17.7 Å². The van der Waals surface area contributed by atoms with Crippen LogP contribution in [-0.2, 0) is 15.9 Å². The summed E-state index contributed by atoms with van der Waals surface area (Å²) in [7, 11) is -1.95. The van der Waals surface area contributed by atoms with Gasteiger partial charge in [-0.15, -0.1) is 0 Å². The second-order valence-corrected chi connectivity index (χ2v) is 6.94. The Hall–Kier alpha value is -1.79. The van der Waals surface area contributed by atoms with Crippen molar-refractivity contribution >= 4 is 5.97 Å². The number of benzene rings is 1. The lowest BCUT2D eigenvalue weighted by Gasteiger charge is -2.47. The van der Waals surface area contributed by atoms with Crippen molar-refractivity contribution in [3.05, 3.63) is 23.3 Å². The molecule has 6 nitrogen and oxygen atoms in total. The second kappa shape index (κ2) is 9.56. The van der Waals surface area contributed by atoms with E-state index < -0.39 is 113 Å². The Balaban J connectivity index is 2.33. The summed E-state index contributed by atoms with van der Waals surface area (Å²) in [6, 6.07) is -3.39. The van der Waals surface area contributed by atoms with Gasteiger partial charge in [0, 0.05) is 54.7 Å². The standard InChI is InChI=1S/C24H38N2O4/c1-14(2)9-17-13-26-8-7-16-10-21(28-5)22(29-6)11-18(16)19(26)12-20(17)30-24(27)23(25)15(3)4/h10-11,14-15,17,19-20,23H,7-9,12-13,25H2,1-6H3/t17?,19?,20?,23-/m0/s1/i1D3,3D3,4D3,5D3,7D2,8D2,9D2,14D,15D,23D/t14?,17?,19?,20?,23-. The number of hydrogen-bond donors (Lipinski definition) is 1. The minimum atomic E-state index is -4.04. The van der Waals surface area contributed by atoms with Gasteiger partial charge in [0.05, 0.1) is 19.6 Å². The summed E-state index contributed by atoms with van der Waals surface area (Å²) < 4.78 is 186. The molecule has 0 saturated carbocycles. The van der Waals surface area contributed by atoms with Crippen LogP contribution in [0.4, 0.5) is 0 Å². The van der Waals surface area contributed by atoms with Crippen molar-refractivity contribution in [3.8, 4) is 11.5 Å². The first kappa shape index (κ1) is 7.96. The summed E-state index contributed by atoms with van der Waals surface area (Å²) in [4.78, 5) is 14.4. The van der Waals surface area contributed by atoms with Gasteiger partial charge in [0.15, 0.2) is 11.5 Å². The Bertz CT molecular complexity index is 1480. The van der Waals surface area contributed by atoms with Crippen LogP contribution in [0.25, 0.3) is 0 Å². The number of nitrogens with two attached hydrogens (primary N) is 1. The lowest BCUT2D eigenvalue weighted by molar-refractivity contribution is -0.160. The molecular weight excluding hydrogens is 380 g/mol.